The van der Waals surface area contributed by atoms with Crippen molar-refractivity contribution in [2.75, 3.05) is 18.1 Å². The second-order valence-electron chi connectivity index (χ2n) is 6.05. The highest BCUT2D eigenvalue weighted by molar-refractivity contribution is 7.91. The van der Waals surface area contributed by atoms with Gasteiger partial charge in [-0.15, -0.1) is 0 Å². The van der Waals surface area contributed by atoms with Gasteiger partial charge in [-0.3, -0.25) is 4.79 Å². The highest BCUT2D eigenvalue weighted by Crippen LogP contribution is 2.17. The Bertz CT molecular complexity index is 676. The maximum atomic E-state index is 12.0. The normalized spacial score (nSPS) is 20.1. The first-order valence-electron chi connectivity index (χ1n) is 7.92. The summed E-state index contributed by atoms with van der Waals surface area (Å²) in [5.74, 6) is -0.0416. The minimum atomic E-state index is -2.95. The van der Waals surface area contributed by atoms with E-state index in [1.54, 1.807) is 6.92 Å². The van der Waals surface area contributed by atoms with E-state index in [2.05, 4.69) is 16.0 Å². The molecule has 0 radical (unpaired) electrons. The quantitative estimate of drug-likeness (QED) is 0.689. The molecule has 0 saturated carbocycles. The number of hydrogen-bond acceptors (Lipinski definition) is 4. The standard InChI is InChI=1S/C16H23N3O4S/c1-12(15(20)17-9-13-5-3-2-4-6-13)19-16(21)18-10-14-7-8-24(22,23)11-14/h2-6,12,14H,7-11H2,1H3,(H,17,20)(H2,18,19,21)/t12-,14-/m1/s1. The molecule has 0 aromatic heterocycles. The zero-order valence-electron chi connectivity index (χ0n) is 13.6. The van der Waals surface area contributed by atoms with E-state index >= 15 is 0 Å². The van der Waals surface area contributed by atoms with Gasteiger partial charge in [-0.1, -0.05) is 30.3 Å². The van der Waals surface area contributed by atoms with Gasteiger partial charge in [0.25, 0.3) is 0 Å². The summed E-state index contributed by atoms with van der Waals surface area (Å²) in [7, 11) is -2.95. The smallest absolute Gasteiger partial charge is 0.315 e. The largest absolute Gasteiger partial charge is 0.350 e. The summed E-state index contributed by atoms with van der Waals surface area (Å²) in [5, 5.41) is 7.93. The molecule has 1 aromatic rings. The summed E-state index contributed by atoms with van der Waals surface area (Å²) in [6.45, 7) is 2.29. The van der Waals surface area contributed by atoms with Gasteiger partial charge < -0.3 is 16.0 Å². The van der Waals surface area contributed by atoms with Crippen LogP contribution in [0.2, 0.25) is 0 Å². The van der Waals surface area contributed by atoms with Gasteiger partial charge in [0.1, 0.15) is 6.04 Å². The first-order chi connectivity index (χ1) is 11.4. The average molecular weight is 353 g/mol. The number of carbonyl (C=O) groups excluding carboxylic acids is 2. The lowest BCUT2D eigenvalue weighted by Crippen LogP contribution is -2.49. The van der Waals surface area contributed by atoms with Gasteiger partial charge >= 0.3 is 6.03 Å². The summed E-state index contributed by atoms with van der Waals surface area (Å²) < 4.78 is 22.7. The van der Waals surface area contributed by atoms with Gasteiger partial charge in [0.15, 0.2) is 9.84 Å². The SMILES string of the molecule is C[C@@H](NC(=O)NC[C@H]1CCS(=O)(=O)C1)C(=O)NCc1ccccc1. The van der Waals surface area contributed by atoms with Crippen LogP contribution < -0.4 is 16.0 Å². The molecule has 3 amide bonds. The number of benzene rings is 1. The van der Waals surface area contributed by atoms with E-state index in [-0.39, 0.29) is 23.3 Å². The highest BCUT2D eigenvalue weighted by Gasteiger charge is 2.28. The van der Waals surface area contributed by atoms with Crippen molar-refractivity contribution in [1.29, 1.82) is 0 Å². The third-order valence-corrected chi connectivity index (χ3v) is 5.77. The van der Waals surface area contributed by atoms with E-state index in [9.17, 15) is 18.0 Å². The van der Waals surface area contributed by atoms with Crippen molar-refractivity contribution in [3.05, 3.63) is 35.9 Å². The topological polar surface area (TPSA) is 104 Å². The van der Waals surface area contributed by atoms with E-state index in [1.165, 1.54) is 0 Å². The summed E-state index contributed by atoms with van der Waals surface area (Å²) in [6, 6.07) is 8.33. The molecule has 0 bridgehead atoms. The lowest BCUT2D eigenvalue weighted by molar-refractivity contribution is -0.122. The highest BCUT2D eigenvalue weighted by atomic mass is 32.2. The van der Waals surface area contributed by atoms with Gasteiger partial charge in [0, 0.05) is 13.1 Å². The molecule has 2 rings (SSSR count). The molecular weight excluding hydrogens is 330 g/mol. The van der Waals surface area contributed by atoms with Crippen LogP contribution in [0.1, 0.15) is 18.9 Å². The molecule has 1 saturated heterocycles. The summed E-state index contributed by atoms with van der Waals surface area (Å²) in [5.41, 5.74) is 0.977. The van der Waals surface area contributed by atoms with E-state index in [1.807, 2.05) is 30.3 Å². The van der Waals surface area contributed by atoms with E-state index in [0.29, 0.717) is 19.5 Å². The minimum Gasteiger partial charge on any atom is -0.350 e. The van der Waals surface area contributed by atoms with Crippen LogP contribution in [0, 0.1) is 5.92 Å². The van der Waals surface area contributed by atoms with Gasteiger partial charge in [-0.2, -0.15) is 0 Å². The Morgan fingerprint density at radius 1 is 1.21 bits per heavy atom. The lowest BCUT2D eigenvalue weighted by Gasteiger charge is -2.16. The molecule has 1 heterocycles. The van der Waals surface area contributed by atoms with Crippen molar-refractivity contribution in [1.82, 2.24) is 16.0 Å². The predicted molar refractivity (Wildman–Crippen MR) is 91.0 cm³/mol. The maximum Gasteiger partial charge on any atom is 0.315 e. The molecule has 24 heavy (non-hydrogen) atoms. The molecular formula is C16H23N3O4S. The van der Waals surface area contributed by atoms with E-state index in [4.69, 9.17) is 0 Å². The fourth-order valence-electron chi connectivity index (χ4n) is 2.52. The first-order valence-corrected chi connectivity index (χ1v) is 9.74. The van der Waals surface area contributed by atoms with Crippen molar-refractivity contribution in [2.24, 2.45) is 5.92 Å². The fraction of sp³-hybridized carbons (Fsp3) is 0.500. The number of sulfone groups is 1. The third-order valence-electron chi connectivity index (χ3n) is 3.93. The molecule has 132 valence electrons. The second kappa shape index (κ2) is 8.14. The number of rotatable bonds is 6. The van der Waals surface area contributed by atoms with Crippen molar-refractivity contribution in [3.8, 4) is 0 Å². The zero-order valence-corrected chi connectivity index (χ0v) is 14.4. The van der Waals surface area contributed by atoms with Crippen molar-refractivity contribution in [3.63, 3.8) is 0 Å². The molecule has 8 heteroatoms. The van der Waals surface area contributed by atoms with Crippen molar-refractivity contribution < 1.29 is 18.0 Å². The van der Waals surface area contributed by atoms with Crippen molar-refractivity contribution >= 4 is 21.8 Å². The third kappa shape index (κ3) is 5.84. The summed E-state index contributed by atoms with van der Waals surface area (Å²) in [6.07, 6.45) is 0.565. The van der Waals surface area contributed by atoms with Crippen LogP contribution >= 0.6 is 0 Å². The Labute approximate surface area is 142 Å². The minimum absolute atomic E-state index is 0.0528. The van der Waals surface area contributed by atoms with Crippen LogP contribution in [-0.4, -0.2) is 44.4 Å². The number of nitrogens with one attached hydrogen (secondary N) is 3. The van der Waals surface area contributed by atoms with Crippen LogP contribution in [0.3, 0.4) is 0 Å². The zero-order chi connectivity index (χ0) is 17.6. The maximum absolute atomic E-state index is 12.0. The summed E-state index contributed by atoms with van der Waals surface area (Å²) >= 11 is 0. The first kappa shape index (κ1) is 18.3. The van der Waals surface area contributed by atoms with Crippen LogP contribution in [-0.2, 0) is 21.2 Å². The average Bonchev–Trinajstić information content (AvgIpc) is 2.90. The Morgan fingerprint density at radius 3 is 2.54 bits per heavy atom. The Morgan fingerprint density at radius 2 is 1.92 bits per heavy atom. The molecule has 1 fully saturated rings. The van der Waals surface area contributed by atoms with Gasteiger partial charge in [-0.25, -0.2) is 13.2 Å². The fourth-order valence-corrected chi connectivity index (χ4v) is 4.38. The second-order valence-corrected chi connectivity index (χ2v) is 8.28. The molecule has 2 atom stereocenters. The molecule has 1 aromatic carbocycles. The molecule has 1 aliphatic heterocycles. The Hall–Kier alpha value is -2.09. The molecule has 1 aliphatic rings. The van der Waals surface area contributed by atoms with E-state index in [0.717, 1.165) is 5.56 Å². The number of hydrogen-bond donors (Lipinski definition) is 3. The van der Waals surface area contributed by atoms with Gasteiger partial charge in [0.2, 0.25) is 5.91 Å². The Balaban J connectivity index is 1.68. The van der Waals surface area contributed by atoms with Gasteiger partial charge in [0.05, 0.1) is 11.5 Å². The van der Waals surface area contributed by atoms with Crippen LogP contribution in [0.5, 0.6) is 0 Å². The summed E-state index contributed by atoms with van der Waals surface area (Å²) in [4.78, 5) is 23.8. The van der Waals surface area contributed by atoms with Gasteiger partial charge in [-0.05, 0) is 24.8 Å². The number of amides is 3. The van der Waals surface area contributed by atoms with Crippen LogP contribution in [0.15, 0.2) is 30.3 Å². The molecule has 0 unspecified atom stereocenters. The number of urea groups is 1. The molecule has 0 aliphatic carbocycles. The molecule has 7 nitrogen and oxygen atoms in total. The Kier molecular flexibility index (Phi) is 6.19. The van der Waals surface area contributed by atoms with Crippen LogP contribution in [0.4, 0.5) is 4.79 Å². The number of carbonyl (C=O) groups is 2. The van der Waals surface area contributed by atoms with Crippen LogP contribution in [0.25, 0.3) is 0 Å². The van der Waals surface area contributed by atoms with E-state index < -0.39 is 21.9 Å². The lowest BCUT2D eigenvalue weighted by atomic mass is 10.1. The monoisotopic (exact) mass is 353 g/mol. The molecule has 0 spiro atoms. The molecule has 3 N–H and O–H groups in total. The van der Waals surface area contributed by atoms with Crippen molar-refractivity contribution in [2.45, 2.75) is 25.9 Å². The predicted octanol–water partition coefficient (Wildman–Crippen LogP) is 0.425.